The Morgan fingerprint density at radius 1 is 1.04 bits per heavy atom. The van der Waals surface area contributed by atoms with Crippen molar-refractivity contribution in [2.45, 2.75) is 26.7 Å². The molecule has 7 nitrogen and oxygen atoms in total. The van der Waals surface area contributed by atoms with Gasteiger partial charge >= 0.3 is 0 Å². The van der Waals surface area contributed by atoms with Crippen molar-refractivity contribution < 1.29 is 19.1 Å². The van der Waals surface area contributed by atoms with Gasteiger partial charge in [0.2, 0.25) is 6.79 Å². The zero-order valence-electron chi connectivity index (χ0n) is 16.2. The van der Waals surface area contributed by atoms with Crippen LogP contribution in [-0.2, 0) is 0 Å². The van der Waals surface area contributed by atoms with Crippen molar-refractivity contribution in [3.8, 4) is 11.5 Å². The van der Waals surface area contributed by atoms with Crippen LogP contribution in [0.25, 0.3) is 0 Å². The van der Waals surface area contributed by atoms with E-state index in [9.17, 15) is 9.59 Å². The van der Waals surface area contributed by atoms with Gasteiger partial charge in [-0.15, -0.1) is 0 Å². The number of carbonyl (C=O) groups is 2. The summed E-state index contributed by atoms with van der Waals surface area (Å²) in [5, 5.41) is 2.78. The summed E-state index contributed by atoms with van der Waals surface area (Å²) in [6.45, 7) is 5.58. The molecule has 0 unspecified atom stereocenters. The van der Waals surface area contributed by atoms with Gasteiger partial charge in [0, 0.05) is 36.3 Å². The lowest BCUT2D eigenvalue weighted by molar-refractivity contribution is 0.0755. The monoisotopic (exact) mass is 383 g/mol. The van der Waals surface area contributed by atoms with Crippen molar-refractivity contribution >= 4 is 23.2 Å². The quantitative estimate of drug-likeness (QED) is 0.714. The minimum Gasteiger partial charge on any atom is -0.454 e. The van der Waals surface area contributed by atoms with Gasteiger partial charge in [-0.25, -0.2) is 0 Å². The van der Waals surface area contributed by atoms with Crippen LogP contribution in [0.4, 0.5) is 11.4 Å². The molecular formula is C21H25N3O4. The molecule has 3 rings (SSSR count). The number of benzene rings is 2. The standard InChI is InChI=1S/C21H25N3O4/c1-3-8-24(9-4-2)21(26)15-7-5-6-14(10-15)20(25)23-17-12-19-18(11-16(17)22)27-13-28-19/h5-7,10-12H,3-4,8-9,13,22H2,1-2H3,(H,23,25). The third kappa shape index (κ3) is 4.19. The van der Waals surface area contributed by atoms with E-state index in [0.29, 0.717) is 47.1 Å². The first-order valence-electron chi connectivity index (χ1n) is 9.43. The number of nitrogens with one attached hydrogen (secondary N) is 1. The fourth-order valence-electron chi connectivity index (χ4n) is 3.09. The molecule has 1 heterocycles. The molecule has 28 heavy (non-hydrogen) atoms. The lowest BCUT2D eigenvalue weighted by Crippen LogP contribution is -2.32. The van der Waals surface area contributed by atoms with E-state index >= 15 is 0 Å². The van der Waals surface area contributed by atoms with Gasteiger partial charge in [0.25, 0.3) is 11.8 Å². The van der Waals surface area contributed by atoms with Crippen molar-refractivity contribution in [3.63, 3.8) is 0 Å². The maximum Gasteiger partial charge on any atom is 0.255 e. The fourth-order valence-corrected chi connectivity index (χ4v) is 3.09. The van der Waals surface area contributed by atoms with Crippen molar-refractivity contribution in [3.05, 3.63) is 47.5 Å². The molecule has 1 aliphatic heterocycles. The number of rotatable bonds is 7. The van der Waals surface area contributed by atoms with Crippen LogP contribution in [0.5, 0.6) is 11.5 Å². The lowest BCUT2D eigenvalue weighted by Gasteiger charge is -2.21. The second-order valence-corrected chi connectivity index (χ2v) is 6.62. The van der Waals surface area contributed by atoms with Crippen LogP contribution in [0, 0.1) is 0 Å². The van der Waals surface area contributed by atoms with Gasteiger partial charge in [0.05, 0.1) is 11.4 Å². The minimum atomic E-state index is -0.349. The summed E-state index contributed by atoms with van der Waals surface area (Å²) in [6, 6.07) is 9.96. The molecule has 0 bridgehead atoms. The van der Waals surface area contributed by atoms with Gasteiger partial charge in [-0.2, -0.15) is 0 Å². The van der Waals surface area contributed by atoms with E-state index in [1.807, 2.05) is 18.7 Å². The summed E-state index contributed by atoms with van der Waals surface area (Å²) in [5.74, 6) is 0.664. The predicted octanol–water partition coefficient (Wildman–Crippen LogP) is 3.51. The topological polar surface area (TPSA) is 93.9 Å². The fraction of sp³-hybridized carbons (Fsp3) is 0.333. The van der Waals surface area contributed by atoms with Gasteiger partial charge in [-0.1, -0.05) is 19.9 Å². The number of anilines is 2. The first-order valence-corrected chi connectivity index (χ1v) is 9.43. The number of nitrogens with zero attached hydrogens (tertiary/aromatic N) is 1. The van der Waals surface area contributed by atoms with Crippen LogP contribution in [0.2, 0.25) is 0 Å². The van der Waals surface area contributed by atoms with Crippen molar-refractivity contribution in [1.29, 1.82) is 0 Å². The Morgan fingerprint density at radius 2 is 1.68 bits per heavy atom. The van der Waals surface area contributed by atoms with Gasteiger partial charge in [-0.3, -0.25) is 9.59 Å². The molecule has 148 valence electrons. The molecule has 0 saturated carbocycles. The molecule has 2 aromatic carbocycles. The molecule has 0 spiro atoms. The molecular weight excluding hydrogens is 358 g/mol. The largest absolute Gasteiger partial charge is 0.454 e. The van der Waals surface area contributed by atoms with E-state index in [1.54, 1.807) is 36.4 Å². The summed E-state index contributed by atoms with van der Waals surface area (Å²) in [4.78, 5) is 27.3. The molecule has 0 fully saturated rings. The molecule has 0 atom stereocenters. The summed E-state index contributed by atoms with van der Waals surface area (Å²) in [5.41, 5.74) is 7.68. The summed E-state index contributed by atoms with van der Waals surface area (Å²) in [6.07, 6.45) is 1.77. The predicted molar refractivity (Wildman–Crippen MR) is 108 cm³/mol. The molecule has 3 N–H and O–H groups in total. The Morgan fingerprint density at radius 3 is 2.36 bits per heavy atom. The van der Waals surface area contributed by atoms with E-state index in [2.05, 4.69) is 5.32 Å². The van der Waals surface area contributed by atoms with Gasteiger partial charge in [0.1, 0.15) is 0 Å². The molecule has 2 amide bonds. The van der Waals surface area contributed by atoms with Gasteiger partial charge in [-0.05, 0) is 31.0 Å². The number of carbonyl (C=O) groups excluding carboxylic acids is 2. The summed E-state index contributed by atoms with van der Waals surface area (Å²) in [7, 11) is 0. The highest BCUT2D eigenvalue weighted by Crippen LogP contribution is 2.38. The highest BCUT2D eigenvalue weighted by atomic mass is 16.7. The highest BCUT2D eigenvalue weighted by Gasteiger charge is 2.19. The maximum atomic E-state index is 12.8. The van der Waals surface area contributed by atoms with E-state index in [1.165, 1.54) is 0 Å². The maximum absolute atomic E-state index is 12.8. The van der Waals surface area contributed by atoms with Crippen molar-refractivity contribution in [1.82, 2.24) is 4.90 Å². The Balaban J connectivity index is 1.78. The van der Waals surface area contributed by atoms with Crippen molar-refractivity contribution in [2.75, 3.05) is 30.9 Å². The molecule has 2 aromatic rings. The van der Waals surface area contributed by atoms with E-state index in [-0.39, 0.29) is 18.6 Å². The average molecular weight is 383 g/mol. The highest BCUT2D eigenvalue weighted by molar-refractivity contribution is 6.07. The lowest BCUT2D eigenvalue weighted by atomic mass is 10.1. The van der Waals surface area contributed by atoms with Gasteiger partial charge in [0.15, 0.2) is 11.5 Å². The Bertz CT molecular complexity index is 876. The number of nitrogens with two attached hydrogens (primary N) is 1. The molecule has 0 aromatic heterocycles. The van der Waals surface area contributed by atoms with Crippen LogP contribution in [0.1, 0.15) is 47.4 Å². The Kier molecular flexibility index (Phi) is 6.03. The molecule has 1 aliphatic rings. The third-order valence-electron chi connectivity index (χ3n) is 4.44. The smallest absolute Gasteiger partial charge is 0.255 e. The second kappa shape index (κ2) is 8.65. The number of fused-ring (bicyclic) bond motifs is 1. The van der Waals surface area contributed by atoms with Gasteiger partial charge < -0.3 is 25.4 Å². The van der Waals surface area contributed by atoms with Crippen LogP contribution < -0.4 is 20.5 Å². The number of hydrogen-bond acceptors (Lipinski definition) is 5. The van der Waals surface area contributed by atoms with Crippen molar-refractivity contribution in [2.24, 2.45) is 0 Å². The van der Waals surface area contributed by atoms with Crippen LogP contribution in [-0.4, -0.2) is 36.6 Å². The molecule has 0 aliphatic carbocycles. The summed E-state index contributed by atoms with van der Waals surface area (Å²) < 4.78 is 10.6. The number of amides is 2. The SMILES string of the molecule is CCCN(CCC)C(=O)c1cccc(C(=O)Nc2cc3c(cc2N)OCO3)c1. The van der Waals surface area contributed by atoms with E-state index in [4.69, 9.17) is 15.2 Å². The molecule has 0 radical (unpaired) electrons. The normalized spacial score (nSPS) is 11.9. The van der Waals surface area contributed by atoms with Crippen LogP contribution >= 0.6 is 0 Å². The average Bonchev–Trinajstić information content (AvgIpc) is 3.14. The first kappa shape index (κ1) is 19.5. The van der Waals surface area contributed by atoms with E-state index < -0.39 is 0 Å². The zero-order valence-corrected chi connectivity index (χ0v) is 16.2. The molecule has 7 heteroatoms. The molecule has 0 saturated heterocycles. The zero-order chi connectivity index (χ0) is 20.1. The third-order valence-corrected chi connectivity index (χ3v) is 4.44. The van der Waals surface area contributed by atoms with E-state index in [0.717, 1.165) is 12.8 Å². The minimum absolute atomic E-state index is 0.0686. The number of ether oxygens (including phenoxy) is 2. The summed E-state index contributed by atoms with van der Waals surface area (Å²) >= 11 is 0. The van der Waals surface area contributed by atoms with Crippen LogP contribution in [0.15, 0.2) is 36.4 Å². The number of hydrogen-bond donors (Lipinski definition) is 2. The second-order valence-electron chi connectivity index (χ2n) is 6.62. The van der Waals surface area contributed by atoms with Crippen LogP contribution in [0.3, 0.4) is 0 Å². The Labute approximate surface area is 164 Å². The Hall–Kier alpha value is -3.22. The first-order chi connectivity index (χ1) is 13.5. The number of nitrogen functional groups attached to an aromatic ring is 1.